The number of hydrogen-bond acceptors (Lipinski definition) is 6. The molecule has 1 N–H and O–H groups in total. The number of rotatable bonds is 9. The second-order valence-corrected chi connectivity index (χ2v) is 6.21. The monoisotopic (exact) mass is 381 g/mol. The van der Waals surface area contributed by atoms with Gasteiger partial charge in [-0.3, -0.25) is 10.1 Å². The van der Waals surface area contributed by atoms with Gasteiger partial charge in [-0.05, 0) is 42.3 Å². The van der Waals surface area contributed by atoms with Crippen molar-refractivity contribution in [3.8, 4) is 11.5 Å². The summed E-state index contributed by atoms with van der Waals surface area (Å²) >= 11 is 0. The fourth-order valence-electron chi connectivity index (χ4n) is 2.52. The Balaban J connectivity index is 1.59. The average Bonchev–Trinajstić information content (AvgIpc) is 3.15. The van der Waals surface area contributed by atoms with Gasteiger partial charge in [0.1, 0.15) is 11.5 Å². The predicted molar refractivity (Wildman–Crippen MR) is 105 cm³/mol. The third-order valence-electron chi connectivity index (χ3n) is 4.06. The summed E-state index contributed by atoms with van der Waals surface area (Å²) in [5.74, 6) is 1.52. The van der Waals surface area contributed by atoms with Crippen molar-refractivity contribution in [3.63, 3.8) is 0 Å². The number of nitrogens with zero attached hydrogens (tertiary/aromatic N) is 2. The van der Waals surface area contributed by atoms with E-state index in [1.165, 1.54) is 0 Å². The van der Waals surface area contributed by atoms with Gasteiger partial charge in [-0.1, -0.05) is 36.6 Å². The largest absolute Gasteiger partial charge is 0.497 e. The molecule has 0 unspecified atom stereocenters. The second-order valence-electron chi connectivity index (χ2n) is 6.21. The van der Waals surface area contributed by atoms with E-state index in [1.54, 1.807) is 25.3 Å². The number of amides is 1. The maximum atomic E-state index is 12.4. The van der Waals surface area contributed by atoms with Crippen molar-refractivity contribution in [2.45, 2.75) is 26.2 Å². The van der Waals surface area contributed by atoms with E-state index in [1.807, 2.05) is 30.3 Å². The molecule has 3 aromatic rings. The molecule has 0 atom stereocenters. The van der Waals surface area contributed by atoms with Gasteiger partial charge in [-0.2, -0.15) is 0 Å². The van der Waals surface area contributed by atoms with Crippen LogP contribution in [0.3, 0.4) is 0 Å². The molecule has 1 amide bonds. The third kappa shape index (κ3) is 5.33. The summed E-state index contributed by atoms with van der Waals surface area (Å²) in [6.07, 6.45) is 2.49. The lowest BCUT2D eigenvalue weighted by Gasteiger charge is -2.07. The molecule has 0 spiro atoms. The molecule has 0 radical (unpaired) electrons. The average molecular weight is 381 g/mol. The van der Waals surface area contributed by atoms with E-state index in [-0.39, 0.29) is 11.9 Å². The van der Waals surface area contributed by atoms with Crippen LogP contribution in [0.5, 0.6) is 11.5 Å². The molecular formula is C21H23N3O4. The predicted octanol–water partition coefficient (Wildman–Crippen LogP) is 4.10. The topological polar surface area (TPSA) is 86.5 Å². The highest BCUT2D eigenvalue weighted by atomic mass is 16.5. The molecule has 0 fully saturated rings. The Morgan fingerprint density at radius 1 is 1.11 bits per heavy atom. The first-order valence-electron chi connectivity index (χ1n) is 9.17. The molecule has 0 saturated carbocycles. The van der Waals surface area contributed by atoms with Gasteiger partial charge in [0, 0.05) is 5.56 Å². The van der Waals surface area contributed by atoms with Gasteiger partial charge in [-0.25, -0.2) is 0 Å². The summed E-state index contributed by atoms with van der Waals surface area (Å²) in [7, 11) is 1.62. The zero-order valence-corrected chi connectivity index (χ0v) is 16.0. The quantitative estimate of drug-likeness (QED) is 0.562. The minimum Gasteiger partial charge on any atom is -0.497 e. The van der Waals surface area contributed by atoms with Crippen molar-refractivity contribution < 1.29 is 18.7 Å². The SMILES string of the molecule is CCCCOc1cccc(C(=O)Nc2nnc(Cc3ccc(OC)cc3)o2)c1. The molecule has 3 rings (SSSR count). The van der Waals surface area contributed by atoms with E-state index >= 15 is 0 Å². The van der Waals surface area contributed by atoms with Crippen molar-refractivity contribution in [1.82, 2.24) is 10.2 Å². The van der Waals surface area contributed by atoms with Crippen molar-refractivity contribution in [2.75, 3.05) is 19.0 Å². The van der Waals surface area contributed by atoms with Gasteiger partial charge in [-0.15, -0.1) is 5.10 Å². The van der Waals surface area contributed by atoms with Crippen molar-refractivity contribution in [2.24, 2.45) is 0 Å². The van der Waals surface area contributed by atoms with Gasteiger partial charge < -0.3 is 13.9 Å². The van der Waals surface area contributed by atoms with E-state index in [0.29, 0.717) is 30.2 Å². The molecule has 146 valence electrons. The molecule has 0 aliphatic heterocycles. The van der Waals surface area contributed by atoms with Crippen molar-refractivity contribution >= 4 is 11.9 Å². The number of carbonyl (C=O) groups excluding carboxylic acids is 1. The van der Waals surface area contributed by atoms with E-state index < -0.39 is 0 Å². The molecule has 28 heavy (non-hydrogen) atoms. The van der Waals surface area contributed by atoms with E-state index in [4.69, 9.17) is 13.9 Å². The van der Waals surface area contributed by atoms with Crippen LogP contribution in [0.25, 0.3) is 0 Å². The van der Waals surface area contributed by atoms with Crippen LogP contribution in [0.1, 0.15) is 41.6 Å². The Labute approximate surface area is 163 Å². The first-order valence-corrected chi connectivity index (χ1v) is 9.17. The van der Waals surface area contributed by atoms with Crippen molar-refractivity contribution in [3.05, 3.63) is 65.5 Å². The number of carbonyl (C=O) groups is 1. The van der Waals surface area contributed by atoms with E-state index in [0.717, 1.165) is 24.2 Å². The van der Waals surface area contributed by atoms with Crippen LogP contribution in [-0.4, -0.2) is 29.8 Å². The summed E-state index contributed by atoms with van der Waals surface area (Å²) in [5.41, 5.74) is 1.46. The molecule has 7 heteroatoms. The number of anilines is 1. The number of ether oxygens (including phenoxy) is 2. The fraction of sp³-hybridized carbons (Fsp3) is 0.286. The van der Waals surface area contributed by atoms with Crippen LogP contribution in [0.4, 0.5) is 6.01 Å². The highest BCUT2D eigenvalue weighted by Gasteiger charge is 2.13. The number of nitrogens with one attached hydrogen (secondary N) is 1. The van der Waals surface area contributed by atoms with Crippen molar-refractivity contribution in [1.29, 1.82) is 0 Å². The van der Waals surface area contributed by atoms with Crippen LogP contribution in [0, 0.1) is 0 Å². The summed E-state index contributed by atoms with van der Waals surface area (Å²) in [4.78, 5) is 12.4. The van der Waals surface area contributed by atoms with Crippen LogP contribution in [0.15, 0.2) is 52.9 Å². The van der Waals surface area contributed by atoms with Gasteiger partial charge in [0.15, 0.2) is 0 Å². The van der Waals surface area contributed by atoms with Crippen LogP contribution >= 0.6 is 0 Å². The van der Waals surface area contributed by atoms with E-state index in [9.17, 15) is 4.79 Å². The second kappa shape index (κ2) is 9.55. The van der Waals surface area contributed by atoms with Gasteiger partial charge in [0.05, 0.1) is 20.1 Å². The normalized spacial score (nSPS) is 10.5. The van der Waals surface area contributed by atoms with Gasteiger partial charge >= 0.3 is 6.01 Å². The summed E-state index contributed by atoms with van der Waals surface area (Å²) in [6.45, 7) is 2.72. The zero-order chi connectivity index (χ0) is 19.8. The van der Waals surface area contributed by atoms with Crippen LogP contribution in [0.2, 0.25) is 0 Å². The summed E-state index contributed by atoms with van der Waals surface area (Å²) < 4.78 is 16.3. The highest BCUT2D eigenvalue weighted by molar-refractivity contribution is 6.03. The van der Waals surface area contributed by atoms with Gasteiger partial charge in [0.25, 0.3) is 5.91 Å². The Kier molecular flexibility index (Phi) is 6.62. The van der Waals surface area contributed by atoms with Crippen LogP contribution in [-0.2, 0) is 6.42 Å². The van der Waals surface area contributed by atoms with Gasteiger partial charge in [0.2, 0.25) is 5.89 Å². The number of aromatic nitrogens is 2. The summed E-state index contributed by atoms with van der Waals surface area (Å²) in [5, 5.41) is 10.5. The lowest BCUT2D eigenvalue weighted by atomic mass is 10.1. The zero-order valence-electron chi connectivity index (χ0n) is 16.0. The Bertz CT molecular complexity index is 906. The molecule has 2 aromatic carbocycles. The molecule has 0 aliphatic rings. The Morgan fingerprint density at radius 3 is 2.68 bits per heavy atom. The van der Waals surface area contributed by atoms with Crippen LogP contribution < -0.4 is 14.8 Å². The van der Waals surface area contributed by atoms with E-state index in [2.05, 4.69) is 22.4 Å². The smallest absolute Gasteiger partial charge is 0.322 e. The molecule has 1 aromatic heterocycles. The molecule has 0 bridgehead atoms. The number of hydrogen-bond donors (Lipinski definition) is 1. The Hall–Kier alpha value is -3.35. The molecule has 1 heterocycles. The minimum atomic E-state index is -0.333. The number of unbranched alkanes of at least 4 members (excludes halogenated alkanes) is 1. The molecule has 7 nitrogen and oxygen atoms in total. The third-order valence-corrected chi connectivity index (χ3v) is 4.06. The maximum Gasteiger partial charge on any atom is 0.322 e. The first kappa shape index (κ1) is 19.4. The maximum absolute atomic E-state index is 12.4. The standard InChI is InChI=1S/C21H23N3O4/c1-3-4-12-27-18-7-5-6-16(14-18)20(25)22-21-24-23-19(28-21)13-15-8-10-17(26-2)11-9-15/h5-11,14H,3-4,12-13H2,1-2H3,(H,22,24,25). The number of methoxy groups -OCH3 is 1. The lowest BCUT2D eigenvalue weighted by Crippen LogP contribution is -2.12. The Morgan fingerprint density at radius 2 is 1.93 bits per heavy atom. The lowest BCUT2D eigenvalue weighted by molar-refractivity contribution is 0.102. The summed E-state index contributed by atoms with van der Waals surface area (Å²) in [6, 6.07) is 14.6. The number of benzene rings is 2. The molecule has 0 saturated heterocycles. The fourth-order valence-corrected chi connectivity index (χ4v) is 2.52. The minimum absolute atomic E-state index is 0.0609. The molecular weight excluding hydrogens is 358 g/mol. The highest BCUT2D eigenvalue weighted by Crippen LogP contribution is 2.17. The first-order chi connectivity index (χ1) is 13.7. The molecule has 0 aliphatic carbocycles.